The van der Waals surface area contributed by atoms with Crippen LogP contribution in [0.5, 0.6) is 5.75 Å². The predicted octanol–water partition coefficient (Wildman–Crippen LogP) is 3.79. The topological polar surface area (TPSA) is 66.0 Å². The predicted molar refractivity (Wildman–Crippen MR) is 108 cm³/mol. The average molecular weight is 374 g/mol. The van der Waals surface area contributed by atoms with Crippen LogP contribution in [0.2, 0.25) is 0 Å². The Balaban J connectivity index is 1.41. The van der Waals surface area contributed by atoms with Crippen LogP contribution in [0.15, 0.2) is 54.6 Å². The van der Waals surface area contributed by atoms with Gasteiger partial charge in [-0.25, -0.2) is 9.67 Å². The highest BCUT2D eigenvalue weighted by Gasteiger charge is 2.32. The van der Waals surface area contributed by atoms with Crippen molar-refractivity contribution in [2.45, 2.75) is 56.7 Å². The summed E-state index contributed by atoms with van der Waals surface area (Å²) in [5, 5.41) is 4.90. The van der Waals surface area contributed by atoms with Crippen molar-refractivity contribution >= 4 is 0 Å². The van der Waals surface area contributed by atoms with Gasteiger partial charge in [0, 0.05) is 12.0 Å². The molecule has 0 saturated heterocycles. The van der Waals surface area contributed by atoms with Gasteiger partial charge in [-0.3, -0.25) is 0 Å². The van der Waals surface area contributed by atoms with Crippen LogP contribution in [-0.4, -0.2) is 20.8 Å². The van der Waals surface area contributed by atoms with Gasteiger partial charge in [-0.05, 0) is 55.4 Å². The van der Waals surface area contributed by atoms with E-state index in [1.165, 1.54) is 11.1 Å². The van der Waals surface area contributed by atoms with Crippen molar-refractivity contribution in [3.05, 3.63) is 77.4 Å². The molecule has 1 heterocycles. The molecule has 5 rings (SSSR count). The molecule has 5 heteroatoms. The van der Waals surface area contributed by atoms with Crippen LogP contribution in [0, 0.1) is 0 Å². The van der Waals surface area contributed by atoms with E-state index in [1.807, 2.05) is 30.3 Å². The smallest absolute Gasteiger partial charge is 0.188 e. The molecule has 2 aliphatic carbocycles. The van der Waals surface area contributed by atoms with Crippen molar-refractivity contribution in [3.8, 4) is 5.75 Å². The van der Waals surface area contributed by atoms with E-state index in [1.54, 1.807) is 0 Å². The van der Waals surface area contributed by atoms with Crippen molar-refractivity contribution in [2.24, 2.45) is 5.73 Å². The molecule has 2 aromatic carbocycles. The average Bonchev–Trinajstić information content (AvgIpc) is 3.44. The summed E-state index contributed by atoms with van der Waals surface area (Å²) in [6, 6.07) is 19.2. The van der Waals surface area contributed by atoms with E-state index < -0.39 is 0 Å². The zero-order chi connectivity index (χ0) is 18.9. The second-order valence-corrected chi connectivity index (χ2v) is 8.03. The van der Waals surface area contributed by atoms with Gasteiger partial charge in [0.1, 0.15) is 18.2 Å². The van der Waals surface area contributed by atoms with Crippen LogP contribution in [0.1, 0.15) is 54.0 Å². The molecule has 0 amide bonds. The van der Waals surface area contributed by atoms with Crippen molar-refractivity contribution in [1.82, 2.24) is 14.8 Å². The van der Waals surface area contributed by atoms with Crippen LogP contribution in [0.4, 0.5) is 0 Å². The SMILES string of the molecule is N[C@@H]1CC[C@H](c2nc(COc3ccccc3)nn2C2Cc3ccccc3C2)C1. The van der Waals surface area contributed by atoms with E-state index in [9.17, 15) is 0 Å². The van der Waals surface area contributed by atoms with Crippen molar-refractivity contribution < 1.29 is 4.74 Å². The van der Waals surface area contributed by atoms with E-state index in [0.29, 0.717) is 18.6 Å². The van der Waals surface area contributed by atoms with E-state index in [2.05, 4.69) is 28.9 Å². The summed E-state index contributed by atoms with van der Waals surface area (Å²) in [5.74, 6) is 3.10. The van der Waals surface area contributed by atoms with E-state index >= 15 is 0 Å². The van der Waals surface area contributed by atoms with Crippen LogP contribution < -0.4 is 10.5 Å². The van der Waals surface area contributed by atoms with Crippen LogP contribution in [-0.2, 0) is 19.4 Å². The van der Waals surface area contributed by atoms with Gasteiger partial charge < -0.3 is 10.5 Å². The van der Waals surface area contributed by atoms with Gasteiger partial charge in [-0.1, -0.05) is 42.5 Å². The van der Waals surface area contributed by atoms with Crippen LogP contribution in [0.3, 0.4) is 0 Å². The monoisotopic (exact) mass is 374 g/mol. The number of rotatable bonds is 5. The number of benzene rings is 2. The second kappa shape index (κ2) is 7.40. The number of fused-ring (bicyclic) bond motifs is 1. The van der Waals surface area contributed by atoms with E-state index in [-0.39, 0.29) is 6.04 Å². The molecular weight excluding hydrogens is 348 g/mol. The molecule has 0 radical (unpaired) electrons. The molecule has 28 heavy (non-hydrogen) atoms. The molecule has 144 valence electrons. The van der Waals surface area contributed by atoms with Crippen LogP contribution >= 0.6 is 0 Å². The summed E-state index contributed by atoms with van der Waals surface area (Å²) in [4.78, 5) is 4.92. The molecule has 0 spiro atoms. The molecule has 0 unspecified atom stereocenters. The molecule has 1 aromatic heterocycles. The van der Waals surface area contributed by atoms with Crippen molar-refractivity contribution in [3.63, 3.8) is 0 Å². The largest absolute Gasteiger partial charge is 0.486 e. The lowest BCUT2D eigenvalue weighted by Gasteiger charge is -2.16. The summed E-state index contributed by atoms with van der Waals surface area (Å²) in [5.41, 5.74) is 9.05. The number of nitrogens with zero attached hydrogens (tertiary/aromatic N) is 3. The molecule has 2 atom stereocenters. The Hall–Kier alpha value is -2.66. The highest BCUT2D eigenvalue weighted by Crippen LogP contribution is 2.37. The zero-order valence-corrected chi connectivity index (χ0v) is 16.0. The molecular formula is C23H26N4O. The van der Waals surface area contributed by atoms with E-state index in [4.69, 9.17) is 20.6 Å². The number of hydrogen-bond acceptors (Lipinski definition) is 4. The Labute approximate surface area is 165 Å². The summed E-state index contributed by atoms with van der Waals surface area (Å²) < 4.78 is 8.09. The Morgan fingerprint density at radius 3 is 2.36 bits per heavy atom. The number of hydrogen-bond donors (Lipinski definition) is 1. The highest BCUT2D eigenvalue weighted by atomic mass is 16.5. The molecule has 3 aromatic rings. The lowest BCUT2D eigenvalue weighted by Crippen LogP contribution is -2.18. The zero-order valence-electron chi connectivity index (χ0n) is 16.0. The molecule has 5 nitrogen and oxygen atoms in total. The molecule has 1 saturated carbocycles. The Kier molecular flexibility index (Phi) is 4.61. The molecule has 2 aliphatic rings. The summed E-state index contributed by atoms with van der Waals surface area (Å²) in [6.45, 7) is 0.391. The first kappa shape index (κ1) is 17.4. The standard InChI is InChI=1S/C23H26N4O/c24-19-11-10-18(12-19)23-25-22(15-28-21-8-2-1-3-9-21)26-27(23)20-13-16-6-4-5-7-17(16)14-20/h1-9,18-20H,10-15,24H2/t18-,19+/m0/s1. The maximum absolute atomic E-state index is 6.19. The fraction of sp³-hybridized carbons (Fsp3) is 0.391. The van der Waals surface area contributed by atoms with Gasteiger partial charge in [0.2, 0.25) is 0 Å². The van der Waals surface area contributed by atoms with E-state index in [0.717, 1.165) is 49.5 Å². The molecule has 2 N–H and O–H groups in total. The van der Waals surface area contributed by atoms with Gasteiger partial charge in [-0.2, -0.15) is 5.10 Å². The fourth-order valence-electron chi connectivity index (χ4n) is 4.61. The maximum atomic E-state index is 6.19. The summed E-state index contributed by atoms with van der Waals surface area (Å²) >= 11 is 0. The van der Waals surface area contributed by atoms with Gasteiger partial charge in [0.15, 0.2) is 5.82 Å². The maximum Gasteiger partial charge on any atom is 0.188 e. The Bertz CT molecular complexity index is 927. The number of ether oxygens (including phenoxy) is 1. The first-order valence-electron chi connectivity index (χ1n) is 10.2. The summed E-state index contributed by atoms with van der Waals surface area (Å²) in [6.07, 6.45) is 5.20. The lowest BCUT2D eigenvalue weighted by molar-refractivity contribution is 0.294. The van der Waals surface area contributed by atoms with Crippen molar-refractivity contribution in [1.29, 1.82) is 0 Å². The van der Waals surface area contributed by atoms with Crippen molar-refractivity contribution in [2.75, 3.05) is 0 Å². The number of nitrogens with two attached hydrogens (primary N) is 1. The number of aromatic nitrogens is 3. The Morgan fingerprint density at radius 1 is 0.964 bits per heavy atom. The Morgan fingerprint density at radius 2 is 1.68 bits per heavy atom. The highest BCUT2D eigenvalue weighted by molar-refractivity contribution is 5.33. The number of para-hydroxylation sites is 1. The van der Waals surface area contributed by atoms with Crippen LogP contribution in [0.25, 0.3) is 0 Å². The minimum Gasteiger partial charge on any atom is -0.486 e. The first-order valence-corrected chi connectivity index (χ1v) is 10.2. The normalized spacial score (nSPS) is 21.8. The quantitative estimate of drug-likeness (QED) is 0.738. The minimum atomic E-state index is 0.278. The molecule has 0 aliphatic heterocycles. The fourth-order valence-corrected chi connectivity index (χ4v) is 4.61. The summed E-state index contributed by atoms with van der Waals surface area (Å²) in [7, 11) is 0. The second-order valence-electron chi connectivity index (χ2n) is 8.03. The first-order chi connectivity index (χ1) is 13.8. The molecule has 0 bridgehead atoms. The third-order valence-electron chi connectivity index (χ3n) is 6.03. The third-order valence-corrected chi connectivity index (χ3v) is 6.03. The van der Waals surface area contributed by atoms with Gasteiger partial charge >= 0.3 is 0 Å². The van der Waals surface area contributed by atoms with Gasteiger partial charge in [0.05, 0.1) is 6.04 Å². The lowest BCUT2D eigenvalue weighted by atomic mass is 10.1. The molecule has 1 fully saturated rings. The van der Waals surface area contributed by atoms with Gasteiger partial charge in [-0.15, -0.1) is 0 Å². The third kappa shape index (κ3) is 3.42. The minimum absolute atomic E-state index is 0.278. The van der Waals surface area contributed by atoms with Gasteiger partial charge in [0.25, 0.3) is 0 Å².